The third-order valence-electron chi connectivity index (χ3n) is 4.52. The van der Waals surface area contributed by atoms with Gasteiger partial charge in [-0.3, -0.25) is 0 Å². The van der Waals surface area contributed by atoms with Gasteiger partial charge in [0.1, 0.15) is 11.4 Å². The van der Waals surface area contributed by atoms with E-state index in [1.165, 1.54) is 5.56 Å². The van der Waals surface area contributed by atoms with Gasteiger partial charge in [0, 0.05) is 25.2 Å². The number of carbonyl (C=O) groups excluding carboxylic acids is 1. The molecule has 1 saturated heterocycles. The Kier molecular flexibility index (Phi) is 4.23. The normalized spacial score (nSPS) is 23.9. The van der Waals surface area contributed by atoms with Crippen LogP contribution in [0.2, 0.25) is 0 Å². The van der Waals surface area contributed by atoms with E-state index in [1.807, 2.05) is 26.8 Å². The highest BCUT2D eigenvalue weighted by atomic mass is 16.6. The SMILES string of the molecule is CC(C)(C)OC(=O)N1CCC(NC2CCc3c(O)cccc32)C1. The summed E-state index contributed by atoms with van der Waals surface area (Å²) in [6, 6.07) is 6.28. The van der Waals surface area contributed by atoms with E-state index in [-0.39, 0.29) is 18.2 Å². The molecule has 0 saturated carbocycles. The van der Waals surface area contributed by atoms with Crippen molar-refractivity contribution in [1.82, 2.24) is 10.2 Å². The summed E-state index contributed by atoms with van der Waals surface area (Å²) >= 11 is 0. The molecule has 0 radical (unpaired) electrons. The van der Waals surface area contributed by atoms with E-state index in [0.717, 1.165) is 31.4 Å². The van der Waals surface area contributed by atoms with Gasteiger partial charge in [-0.05, 0) is 57.2 Å². The van der Waals surface area contributed by atoms with Gasteiger partial charge in [0.15, 0.2) is 0 Å². The van der Waals surface area contributed by atoms with Crippen LogP contribution in [-0.4, -0.2) is 40.8 Å². The summed E-state index contributed by atoms with van der Waals surface area (Å²) in [4.78, 5) is 13.9. The summed E-state index contributed by atoms with van der Waals surface area (Å²) in [7, 11) is 0. The molecule has 5 heteroatoms. The monoisotopic (exact) mass is 318 g/mol. The van der Waals surface area contributed by atoms with E-state index in [2.05, 4.69) is 11.4 Å². The number of amides is 1. The van der Waals surface area contributed by atoms with Crippen molar-refractivity contribution in [2.75, 3.05) is 13.1 Å². The Morgan fingerprint density at radius 1 is 1.35 bits per heavy atom. The highest BCUT2D eigenvalue weighted by Gasteiger charge is 2.33. The molecule has 0 spiro atoms. The van der Waals surface area contributed by atoms with Gasteiger partial charge in [0.25, 0.3) is 0 Å². The summed E-state index contributed by atoms with van der Waals surface area (Å²) in [5, 5.41) is 13.6. The number of nitrogens with zero attached hydrogens (tertiary/aromatic N) is 1. The highest BCUT2D eigenvalue weighted by molar-refractivity contribution is 5.68. The van der Waals surface area contributed by atoms with Gasteiger partial charge >= 0.3 is 6.09 Å². The number of nitrogens with one attached hydrogen (secondary N) is 1. The molecule has 1 amide bonds. The van der Waals surface area contributed by atoms with Crippen molar-refractivity contribution in [3.63, 3.8) is 0 Å². The fourth-order valence-electron chi connectivity index (χ4n) is 3.48. The number of carbonyl (C=O) groups is 1. The number of hydrogen-bond donors (Lipinski definition) is 2. The van der Waals surface area contributed by atoms with Crippen LogP contribution < -0.4 is 5.32 Å². The molecule has 0 aromatic heterocycles. The first-order chi connectivity index (χ1) is 10.8. The second-order valence-electron chi connectivity index (χ2n) is 7.51. The molecular weight excluding hydrogens is 292 g/mol. The molecule has 2 unspecified atom stereocenters. The van der Waals surface area contributed by atoms with Crippen molar-refractivity contribution in [2.24, 2.45) is 0 Å². The van der Waals surface area contributed by atoms with Crippen molar-refractivity contribution in [3.05, 3.63) is 29.3 Å². The van der Waals surface area contributed by atoms with Crippen molar-refractivity contribution in [3.8, 4) is 5.75 Å². The lowest BCUT2D eigenvalue weighted by Gasteiger charge is -2.25. The number of hydrogen-bond acceptors (Lipinski definition) is 4. The first-order valence-corrected chi connectivity index (χ1v) is 8.38. The number of ether oxygens (including phenoxy) is 1. The summed E-state index contributed by atoms with van der Waals surface area (Å²) in [5.74, 6) is 0.397. The molecule has 2 N–H and O–H groups in total. The number of fused-ring (bicyclic) bond motifs is 1. The molecule has 23 heavy (non-hydrogen) atoms. The van der Waals surface area contributed by atoms with Crippen LogP contribution in [0.25, 0.3) is 0 Å². The number of phenols is 1. The summed E-state index contributed by atoms with van der Waals surface area (Å²) in [5.41, 5.74) is 1.80. The lowest BCUT2D eigenvalue weighted by atomic mass is 10.1. The largest absolute Gasteiger partial charge is 0.508 e. The smallest absolute Gasteiger partial charge is 0.410 e. The Labute approximate surface area is 137 Å². The second kappa shape index (κ2) is 6.04. The summed E-state index contributed by atoms with van der Waals surface area (Å²) < 4.78 is 5.44. The molecule has 0 bridgehead atoms. The van der Waals surface area contributed by atoms with Crippen LogP contribution in [-0.2, 0) is 11.2 Å². The lowest BCUT2D eigenvalue weighted by molar-refractivity contribution is 0.0290. The molecule has 1 aromatic carbocycles. The van der Waals surface area contributed by atoms with E-state index in [4.69, 9.17) is 4.74 Å². The zero-order valence-electron chi connectivity index (χ0n) is 14.1. The average molecular weight is 318 g/mol. The van der Waals surface area contributed by atoms with Gasteiger partial charge in [0.05, 0.1) is 0 Å². The Morgan fingerprint density at radius 3 is 2.87 bits per heavy atom. The number of benzene rings is 1. The van der Waals surface area contributed by atoms with E-state index in [1.54, 1.807) is 11.0 Å². The Morgan fingerprint density at radius 2 is 2.13 bits per heavy atom. The maximum Gasteiger partial charge on any atom is 0.410 e. The number of likely N-dealkylation sites (tertiary alicyclic amines) is 1. The first-order valence-electron chi connectivity index (χ1n) is 8.38. The quantitative estimate of drug-likeness (QED) is 0.880. The average Bonchev–Trinajstić information content (AvgIpc) is 3.06. The van der Waals surface area contributed by atoms with E-state index in [0.29, 0.717) is 12.3 Å². The van der Waals surface area contributed by atoms with E-state index in [9.17, 15) is 9.90 Å². The van der Waals surface area contributed by atoms with Crippen LogP contribution in [0.15, 0.2) is 18.2 Å². The first kappa shape index (κ1) is 16.1. The number of rotatable bonds is 2. The minimum atomic E-state index is -0.454. The van der Waals surface area contributed by atoms with Crippen molar-refractivity contribution < 1.29 is 14.6 Å². The van der Waals surface area contributed by atoms with E-state index >= 15 is 0 Å². The molecule has 3 rings (SSSR count). The van der Waals surface area contributed by atoms with Gasteiger partial charge < -0.3 is 20.1 Å². The zero-order valence-corrected chi connectivity index (χ0v) is 14.1. The lowest BCUT2D eigenvalue weighted by Crippen LogP contribution is -2.39. The molecule has 1 aromatic rings. The van der Waals surface area contributed by atoms with Crippen LogP contribution in [0.5, 0.6) is 5.75 Å². The van der Waals surface area contributed by atoms with Crippen LogP contribution in [0.1, 0.15) is 50.8 Å². The maximum absolute atomic E-state index is 12.1. The zero-order chi connectivity index (χ0) is 16.6. The van der Waals surface area contributed by atoms with Crippen molar-refractivity contribution >= 4 is 6.09 Å². The van der Waals surface area contributed by atoms with Gasteiger partial charge in [0.2, 0.25) is 0 Å². The molecule has 2 atom stereocenters. The minimum absolute atomic E-state index is 0.230. The maximum atomic E-state index is 12.1. The second-order valence-corrected chi connectivity index (χ2v) is 7.51. The van der Waals surface area contributed by atoms with Crippen LogP contribution in [0, 0.1) is 0 Å². The predicted molar refractivity (Wildman–Crippen MR) is 88.5 cm³/mol. The minimum Gasteiger partial charge on any atom is -0.508 e. The standard InChI is InChI=1S/C18H26N2O3/c1-18(2,3)23-17(22)20-10-9-12(11-20)19-15-8-7-14-13(15)5-4-6-16(14)21/h4-6,12,15,19,21H,7-11H2,1-3H3. The fourth-order valence-corrected chi connectivity index (χ4v) is 3.48. The number of aromatic hydroxyl groups is 1. The molecular formula is C18H26N2O3. The van der Waals surface area contributed by atoms with Gasteiger partial charge in [-0.15, -0.1) is 0 Å². The van der Waals surface area contributed by atoms with Crippen molar-refractivity contribution in [2.45, 2.75) is 57.7 Å². The molecule has 1 aliphatic heterocycles. The third kappa shape index (κ3) is 3.61. The molecule has 1 aliphatic carbocycles. The third-order valence-corrected chi connectivity index (χ3v) is 4.52. The topological polar surface area (TPSA) is 61.8 Å². The van der Waals surface area contributed by atoms with Gasteiger partial charge in [-0.2, -0.15) is 0 Å². The molecule has 1 heterocycles. The van der Waals surface area contributed by atoms with Crippen LogP contribution in [0.3, 0.4) is 0 Å². The Hall–Kier alpha value is -1.75. The Bertz CT molecular complexity index is 594. The van der Waals surface area contributed by atoms with Crippen LogP contribution in [0.4, 0.5) is 4.79 Å². The molecule has 2 aliphatic rings. The van der Waals surface area contributed by atoms with Crippen molar-refractivity contribution in [1.29, 1.82) is 0 Å². The molecule has 1 fully saturated rings. The van der Waals surface area contributed by atoms with Gasteiger partial charge in [-0.25, -0.2) is 4.79 Å². The molecule has 5 nitrogen and oxygen atoms in total. The molecule has 126 valence electrons. The Balaban J connectivity index is 1.58. The summed E-state index contributed by atoms with van der Waals surface area (Å²) in [6.07, 6.45) is 2.60. The van der Waals surface area contributed by atoms with E-state index < -0.39 is 5.60 Å². The van der Waals surface area contributed by atoms with Crippen LogP contribution >= 0.6 is 0 Å². The fraction of sp³-hybridized carbons (Fsp3) is 0.611. The number of phenolic OH excluding ortho intramolecular Hbond substituents is 1. The van der Waals surface area contributed by atoms with Gasteiger partial charge in [-0.1, -0.05) is 12.1 Å². The highest BCUT2D eigenvalue weighted by Crippen LogP contribution is 2.36. The summed E-state index contributed by atoms with van der Waals surface area (Å²) in [6.45, 7) is 7.07. The predicted octanol–water partition coefficient (Wildman–Crippen LogP) is 2.98.